The van der Waals surface area contributed by atoms with Crippen molar-refractivity contribution in [1.82, 2.24) is 15.1 Å². The molecule has 1 heterocycles. The molecule has 0 spiro atoms. The van der Waals surface area contributed by atoms with Crippen LogP contribution in [-0.2, 0) is 4.79 Å². The second-order valence-corrected chi connectivity index (χ2v) is 5.02. The molecule has 0 aromatic carbocycles. The molecule has 1 amide bonds. The van der Waals surface area contributed by atoms with Gasteiger partial charge in [0.05, 0.1) is 12.2 Å². The van der Waals surface area contributed by atoms with Crippen molar-refractivity contribution in [1.29, 1.82) is 0 Å². The Morgan fingerprint density at radius 2 is 2.06 bits per heavy atom. The zero-order valence-corrected chi connectivity index (χ0v) is 11.8. The fraction of sp³-hybridized carbons (Fsp3) is 0.923. The van der Waals surface area contributed by atoms with Crippen molar-refractivity contribution in [3.63, 3.8) is 0 Å². The SMILES string of the molecule is CCCN(CC)CCN1CNC(C)(CC)C1=O. The van der Waals surface area contributed by atoms with E-state index in [1.54, 1.807) is 0 Å². The molecule has 1 aliphatic heterocycles. The van der Waals surface area contributed by atoms with Gasteiger partial charge in [-0.1, -0.05) is 20.8 Å². The van der Waals surface area contributed by atoms with Crippen LogP contribution in [-0.4, -0.2) is 54.1 Å². The van der Waals surface area contributed by atoms with Crippen molar-refractivity contribution >= 4 is 5.91 Å². The zero-order chi connectivity index (χ0) is 12.9. The quantitative estimate of drug-likeness (QED) is 0.729. The Bertz CT molecular complexity index is 257. The van der Waals surface area contributed by atoms with Crippen molar-refractivity contribution in [2.45, 2.75) is 46.1 Å². The van der Waals surface area contributed by atoms with Gasteiger partial charge in [-0.05, 0) is 32.9 Å². The van der Waals surface area contributed by atoms with E-state index in [4.69, 9.17) is 0 Å². The summed E-state index contributed by atoms with van der Waals surface area (Å²) in [7, 11) is 0. The maximum atomic E-state index is 12.2. The molecule has 0 saturated carbocycles. The number of rotatable bonds is 7. The van der Waals surface area contributed by atoms with Crippen LogP contribution >= 0.6 is 0 Å². The molecule has 4 nitrogen and oxygen atoms in total. The van der Waals surface area contributed by atoms with Crippen molar-refractivity contribution in [3.05, 3.63) is 0 Å². The van der Waals surface area contributed by atoms with E-state index in [1.165, 1.54) is 6.42 Å². The molecule has 1 saturated heterocycles. The number of nitrogens with zero attached hydrogens (tertiary/aromatic N) is 2. The van der Waals surface area contributed by atoms with E-state index in [0.717, 1.165) is 32.6 Å². The number of amides is 1. The molecule has 17 heavy (non-hydrogen) atoms. The first-order valence-electron chi connectivity index (χ1n) is 6.84. The minimum absolute atomic E-state index is 0.257. The normalized spacial score (nSPS) is 25.0. The second kappa shape index (κ2) is 6.36. The van der Waals surface area contributed by atoms with E-state index in [9.17, 15) is 4.79 Å². The monoisotopic (exact) mass is 241 g/mol. The van der Waals surface area contributed by atoms with Crippen LogP contribution < -0.4 is 5.32 Å². The predicted molar refractivity (Wildman–Crippen MR) is 70.8 cm³/mol. The Morgan fingerprint density at radius 3 is 2.53 bits per heavy atom. The summed E-state index contributed by atoms with van der Waals surface area (Å²) >= 11 is 0. The van der Waals surface area contributed by atoms with E-state index in [0.29, 0.717) is 6.67 Å². The van der Waals surface area contributed by atoms with Crippen molar-refractivity contribution in [2.24, 2.45) is 0 Å². The lowest BCUT2D eigenvalue weighted by Crippen LogP contribution is -2.44. The van der Waals surface area contributed by atoms with E-state index < -0.39 is 0 Å². The second-order valence-electron chi connectivity index (χ2n) is 5.02. The lowest BCUT2D eigenvalue weighted by atomic mass is 9.99. The molecule has 4 heteroatoms. The highest BCUT2D eigenvalue weighted by Crippen LogP contribution is 2.18. The van der Waals surface area contributed by atoms with Crippen LogP contribution in [0.4, 0.5) is 0 Å². The summed E-state index contributed by atoms with van der Waals surface area (Å²) < 4.78 is 0. The van der Waals surface area contributed by atoms with Crippen LogP contribution in [0.3, 0.4) is 0 Å². The third-order valence-electron chi connectivity index (χ3n) is 3.80. The highest BCUT2D eigenvalue weighted by Gasteiger charge is 2.40. The highest BCUT2D eigenvalue weighted by atomic mass is 16.2. The van der Waals surface area contributed by atoms with E-state index in [1.807, 2.05) is 11.8 Å². The van der Waals surface area contributed by atoms with Gasteiger partial charge in [-0.15, -0.1) is 0 Å². The number of carbonyl (C=O) groups is 1. The summed E-state index contributed by atoms with van der Waals surface area (Å²) in [6.07, 6.45) is 2.03. The van der Waals surface area contributed by atoms with Crippen LogP contribution in [0.5, 0.6) is 0 Å². The van der Waals surface area contributed by atoms with E-state index in [2.05, 4.69) is 31.0 Å². The van der Waals surface area contributed by atoms with Crippen LogP contribution in [0.25, 0.3) is 0 Å². The molecule has 1 rings (SSSR count). The summed E-state index contributed by atoms with van der Waals surface area (Å²) in [5.74, 6) is 0.257. The predicted octanol–water partition coefficient (Wildman–Crippen LogP) is 1.28. The molecule has 1 atom stereocenters. The largest absolute Gasteiger partial charge is 0.327 e. The maximum Gasteiger partial charge on any atom is 0.243 e. The van der Waals surface area contributed by atoms with Gasteiger partial charge in [0, 0.05) is 13.1 Å². The smallest absolute Gasteiger partial charge is 0.243 e. The minimum Gasteiger partial charge on any atom is -0.327 e. The molecule has 0 aromatic heterocycles. The molecule has 100 valence electrons. The number of hydrogen-bond acceptors (Lipinski definition) is 3. The number of nitrogens with one attached hydrogen (secondary N) is 1. The molecule has 1 unspecified atom stereocenters. The standard InChI is InChI=1S/C13H27N3O/c1-5-8-15(7-3)9-10-16-11-14-13(4,6-2)12(16)17/h14H,5-11H2,1-4H3. The Morgan fingerprint density at radius 1 is 1.35 bits per heavy atom. The van der Waals surface area contributed by atoms with Gasteiger partial charge in [-0.25, -0.2) is 0 Å². The van der Waals surface area contributed by atoms with Gasteiger partial charge >= 0.3 is 0 Å². The van der Waals surface area contributed by atoms with Crippen LogP contribution in [0.2, 0.25) is 0 Å². The van der Waals surface area contributed by atoms with E-state index in [-0.39, 0.29) is 11.4 Å². The number of likely N-dealkylation sites (N-methyl/N-ethyl adjacent to an activating group) is 1. The third-order valence-corrected chi connectivity index (χ3v) is 3.80. The van der Waals surface area contributed by atoms with Gasteiger partial charge in [-0.2, -0.15) is 0 Å². The molecule has 1 N–H and O–H groups in total. The molecular weight excluding hydrogens is 214 g/mol. The fourth-order valence-electron chi connectivity index (χ4n) is 2.23. The Kier molecular flexibility index (Phi) is 5.40. The maximum absolute atomic E-state index is 12.2. The first-order chi connectivity index (χ1) is 8.07. The summed E-state index contributed by atoms with van der Waals surface area (Å²) in [4.78, 5) is 16.5. The average molecular weight is 241 g/mol. The van der Waals surface area contributed by atoms with Crippen LogP contribution in [0, 0.1) is 0 Å². The van der Waals surface area contributed by atoms with Gasteiger partial charge in [0.2, 0.25) is 5.91 Å². The molecule has 0 aliphatic carbocycles. The van der Waals surface area contributed by atoms with Gasteiger partial charge in [-0.3, -0.25) is 10.1 Å². The van der Waals surface area contributed by atoms with Crippen molar-refractivity contribution < 1.29 is 4.79 Å². The fourth-order valence-corrected chi connectivity index (χ4v) is 2.23. The minimum atomic E-state index is -0.332. The van der Waals surface area contributed by atoms with Gasteiger partial charge in [0.1, 0.15) is 0 Å². The zero-order valence-electron chi connectivity index (χ0n) is 11.8. The van der Waals surface area contributed by atoms with E-state index >= 15 is 0 Å². The Balaban J connectivity index is 2.41. The molecular formula is C13H27N3O. The topological polar surface area (TPSA) is 35.6 Å². The lowest BCUT2D eigenvalue weighted by Gasteiger charge is -2.24. The lowest BCUT2D eigenvalue weighted by molar-refractivity contribution is -0.132. The van der Waals surface area contributed by atoms with Crippen LogP contribution in [0.15, 0.2) is 0 Å². The van der Waals surface area contributed by atoms with Crippen molar-refractivity contribution in [2.75, 3.05) is 32.8 Å². The Labute approximate surface area is 105 Å². The van der Waals surface area contributed by atoms with Crippen LogP contribution in [0.1, 0.15) is 40.5 Å². The van der Waals surface area contributed by atoms with Crippen molar-refractivity contribution in [3.8, 4) is 0 Å². The summed E-state index contributed by atoms with van der Waals surface area (Å²) in [5, 5.41) is 3.31. The molecule has 1 fully saturated rings. The first kappa shape index (κ1) is 14.5. The Hall–Kier alpha value is -0.610. The molecule has 1 aliphatic rings. The van der Waals surface area contributed by atoms with Gasteiger partial charge in [0.15, 0.2) is 0 Å². The summed E-state index contributed by atoms with van der Waals surface area (Å²) in [6.45, 7) is 13.1. The average Bonchev–Trinajstić information content (AvgIpc) is 2.63. The highest BCUT2D eigenvalue weighted by molar-refractivity contribution is 5.87. The van der Waals surface area contributed by atoms with Gasteiger partial charge < -0.3 is 9.80 Å². The third kappa shape index (κ3) is 3.42. The summed E-state index contributed by atoms with van der Waals surface area (Å²) in [6, 6.07) is 0. The summed E-state index contributed by atoms with van der Waals surface area (Å²) in [5.41, 5.74) is -0.332. The van der Waals surface area contributed by atoms with Gasteiger partial charge in [0.25, 0.3) is 0 Å². The molecule has 0 aromatic rings. The molecule has 0 bridgehead atoms. The number of carbonyl (C=O) groups excluding carboxylic acids is 1. The molecule has 0 radical (unpaired) electrons. The number of hydrogen-bond donors (Lipinski definition) is 1. The first-order valence-corrected chi connectivity index (χ1v) is 6.84.